The fourth-order valence-electron chi connectivity index (χ4n) is 1.96. The molecule has 16 heavy (non-hydrogen) atoms. The lowest BCUT2D eigenvalue weighted by Gasteiger charge is -2.23. The highest BCUT2D eigenvalue weighted by atomic mass is 15.2. The molecule has 0 atom stereocenters. The molecule has 0 aliphatic heterocycles. The van der Waals surface area contributed by atoms with E-state index < -0.39 is 0 Å². The van der Waals surface area contributed by atoms with E-state index in [1.54, 1.807) is 0 Å². The molecule has 0 amide bonds. The minimum atomic E-state index is 0.556. The van der Waals surface area contributed by atoms with Gasteiger partial charge in [0.1, 0.15) is 5.82 Å². The first kappa shape index (κ1) is 11.4. The summed E-state index contributed by atoms with van der Waals surface area (Å²) in [6.45, 7) is 6.04. The molecule has 1 aromatic rings. The molecule has 1 aliphatic carbocycles. The van der Waals surface area contributed by atoms with Crippen LogP contribution in [0.15, 0.2) is 18.3 Å². The highest BCUT2D eigenvalue weighted by Gasteiger charge is 2.29. The van der Waals surface area contributed by atoms with E-state index in [0.29, 0.717) is 18.5 Å². The standard InChI is InChI=1S/C13H21N3/c1-10(2)11-5-7-15-13(9-11)16(8-6-14)12-3-4-12/h5,7,9-10,12H,3-4,6,8,14H2,1-2H3. The molecule has 0 bridgehead atoms. The van der Waals surface area contributed by atoms with Gasteiger partial charge in [-0.1, -0.05) is 13.8 Å². The molecule has 0 aromatic carbocycles. The van der Waals surface area contributed by atoms with E-state index in [4.69, 9.17) is 5.73 Å². The number of pyridine rings is 1. The van der Waals surface area contributed by atoms with Crippen molar-refractivity contribution in [3.8, 4) is 0 Å². The Kier molecular flexibility index (Phi) is 3.44. The minimum Gasteiger partial charge on any atom is -0.352 e. The molecule has 0 radical (unpaired) electrons. The van der Waals surface area contributed by atoms with Crippen LogP contribution in [0.3, 0.4) is 0 Å². The van der Waals surface area contributed by atoms with Crippen LogP contribution in [0.1, 0.15) is 38.2 Å². The first-order chi connectivity index (χ1) is 7.72. The lowest BCUT2D eigenvalue weighted by atomic mass is 10.1. The molecular formula is C13H21N3. The maximum Gasteiger partial charge on any atom is 0.129 e. The second kappa shape index (κ2) is 4.83. The molecule has 0 saturated heterocycles. The molecule has 0 unspecified atom stereocenters. The maximum atomic E-state index is 5.66. The summed E-state index contributed by atoms with van der Waals surface area (Å²) in [4.78, 5) is 6.83. The van der Waals surface area contributed by atoms with Crippen LogP contribution in [0, 0.1) is 0 Å². The lowest BCUT2D eigenvalue weighted by Crippen LogP contribution is -2.32. The van der Waals surface area contributed by atoms with E-state index in [0.717, 1.165) is 12.4 Å². The van der Waals surface area contributed by atoms with E-state index in [-0.39, 0.29) is 0 Å². The van der Waals surface area contributed by atoms with Crippen LogP contribution in [-0.4, -0.2) is 24.1 Å². The Morgan fingerprint density at radius 2 is 2.25 bits per heavy atom. The average Bonchev–Trinajstić information content (AvgIpc) is 3.10. The van der Waals surface area contributed by atoms with E-state index >= 15 is 0 Å². The summed E-state index contributed by atoms with van der Waals surface area (Å²) in [5.41, 5.74) is 7.02. The van der Waals surface area contributed by atoms with E-state index in [1.807, 2.05) is 6.20 Å². The minimum absolute atomic E-state index is 0.556. The number of hydrogen-bond acceptors (Lipinski definition) is 3. The first-order valence-electron chi connectivity index (χ1n) is 6.15. The molecule has 3 heteroatoms. The molecule has 1 aliphatic rings. The van der Waals surface area contributed by atoms with Gasteiger partial charge < -0.3 is 10.6 Å². The summed E-state index contributed by atoms with van der Waals surface area (Å²) < 4.78 is 0. The third-order valence-corrected chi connectivity index (χ3v) is 3.09. The number of aromatic nitrogens is 1. The van der Waals surface area contributed by atoms with Gasteiger partial charge in [0, 0.05) is 25.3 Å². The van der Waals surface area contributed by atoms with E-state index in [9.17, 15) is 0 Å². The molecule has 1 fully saturated rings. The topological polar surface area (TPSA) is 42.2 Å². The van der Waals surface area contributed by atoms with E-state index in [2.05, 4.69) is 35.9 Å². The number of nitrogens with two attached hydrogens (primary N) is 1. The van der Waals surface area contributed by atoms with Gasteiger partial charge in [0.25, 0.3) is 0 Å². The second-order valence-electron chi connectivity index (χ2n) is 4.82. The zero-order valence-corrected chi connectivity index (χ0v) is 10.2. The van der Waals surface area contributed by atoms with Crippen LogP contribution in [0.4, 0.5) is 5.82 Å². The monoisotopic (exact) mass is 219 g/mol. The van der Waals surface area contributed by atoms with Crippen molar-refractivity contribution in [1.82, 2.24) is 4.98 Å². The van der Waals surface area contributed by atoms with Crippen molar-refractivity contribution >= 4 is 5.82 Å². The van der Waals surface area contributed by atoms with Crippen LogP contribution < -0.4 is 10.6 Å². The smallest absolute Gasteiger partial charge is 0.129 e. The molecule has 1 saturated carbocycles. The van der Waals surface area contributed by atoms with Gasteiger partial charge in [0.05, 0.1) is 0 Å². The Labute approximate surface area is 97.7 Å². The Hall–Kier alpha value is -1.09. The molecule has 88 valence electrons. The zero-order valence-electron chi connectivity index (χ0n) is 10.2. The van der Waals surface area contributed by atoms with Crippen molar-refractivity contribution in [2.75, 3.05) is 18.0 Å². The lowest BCUT2D eigenvalue weighted by molar-refractivity contribution is 0.766. The molecule has 0 spiro atoms. The average molecular weight is 219 g/mol. The third kappa shape index (κ3) is 2.53. The number of nitrogens with zero attached hydrogens (tertiary/aromatic N) is 2. The molecule has 3 nitrogen and oxygen atoms in total. The third-order valence-electron chi connectivity index (χ3n) is 3.09. The van der Waals surface area contributed by atoms with Gasteiger partial charge in [0.2, 0.25) is 0 Å². The van der Waals surface area contributed by atoms with Crippen molar-refractivity contribution in [2.45, 2.75) is 38.6 Å². The molecular weight excluding hydrogens is 198 g/mol. The normalized spacial score (nSPS) is 15.5. The maximum absolute atomic E-state index is 5.66. The number of hydrogen-bond donors (Lipinski definition) is 1. The Balaban J connectivity index is 2.19. The summed E-state index contributed by atoms with van der Waals surface area (Å²) in [6.07, 6.45) is 4.48. The van der Waals surface area contributed by atoms with Crippen LogP contribution in [-0.2, 0) is 0 Å². The summed E-state index contributed by atoms with van der Waals surface area (Å²) in [7, 11) is 0. The molecule has 1 heterocycles. The zero-order chi connectivity index (χ0) is 11.5. The molecule has 1 aromatic heterocycles. The molecule has 2 rings (SSSR count). The number of rotatable bonds is 5. The van der Waals surface area contributed by atoms with Crippen LogP contribution in [0.2, 0.25) is 0 Å². The summed E-state index contributed by atoms with van der Waals surface area (Å²) in [6, 6.07) is 4.99. The fourth-order valence-corrected chi connectivity index (χ4v) is 1.96. The largest absolute Gasteiger partial charge is 0.352 e. The predicted octanol–water partition coefficient (Wildman–Crippen LogP) is 2.13. The van der Waals surface area contributed by atoms with Gasteiger partial charge in [-0.15, -0.1) is 0 Å². The van der Waals surface area contributed by atoms with Gasteiger partial charge in [0.15, 0.2) is 0 Å². The highest BCUT2D eigenvalue weighted by molar-refractivity contribution is 5.44. The van der Waals surface area contributed by atoms with Crippen molar-refractivity contribution in [2.24, 2.45) is 5.73 Å². The van der Waals surface area contributed by atoms with Crippen LogP contribution >= 0.6 is 0 Å². The van der Waals surface area contributed by atoms with Gasteiger partial charge >= 0.3 is 0 Å². The van der Waals surface area contributed by atoms with Crippen molar-refractivity contribution in [3.63, 3.8) is 0 Å². The van der Waals surface area contributed by atoms with Gasteiger partial charge in [-0.2, -0.15) is 0 Å². The summed E-state index contributed by atoms with van der Waals surface area (Å²) in [5, 5.41) is 0. The van der Waals surface area contributed by atoms with Crippen LogP contribution in [0.5, 0.6) is 0 Å². The quantitative estimate of drug-likeness (QED) is 0.825. The summed E-state index contributed by atoms with van der Waals surface area (Å²) >= 11 is 0. The van der Waals surface area contributed by atoms with Gasteiger partial charge in [-0.3, -0.25) is 0 Å². The van der Waals surface area contributed by atoms with Gasteiger partial charge in [-0.05, 0) is 36.5 Å². The Morgan fingerprint density at radius 1 is 1.50 bits per heavy atom. The Bertz CT molecular complexity index is 345. The molecule has 2 N–H and O–H groups in total. The Morgan fingerprint density at radius 3 is 2.81 bits per heavy atom. The van der Waals surface area contributed by atoms with Gasteiger partial charge in [-0.25, -0.2) is 4.98 Å². The van der Waals surface area contributed by atoms with E-state index in [1.165, 1.54) is 18.4 Å². The predicted molar refractivity (Wildman–Crippen MR) is 67.7 cm³/mol. The highest BCUT2D eigenvalue weighted by Crippen LogP contribution is 2.31. The fraction of sp³-hybridized carbons (Fsp3) is 0.615. The first-order valence-corrected chi connectivity index (χ1v) is 6.15. The summed E-state index contributed by atoms with van der Waals surface area (Å²) in [5.74, 6) is 1.65. The van der Waals surface area contributed by atoms with Crippen LogP contribution in [0.25, 0.3) is 0 Å². The van der Waals surface area contributed by atoms with Crippen molar-refractivity contribution < 1.29 is 0 Å². The SMILES string of the molecule is CC(C)c1ccnc(N(CCN)C2CC2)c1. The van der Waals surface area contributed by atoms with Crippen molar-refractivity contribution in [1.29, 1.82) is 0 Å². The second-order valence-corrected chi connectivity index (χ2v) is 4.82. The number of anilines is 1. The van der Waals surface area contributed by atoms with Crippen molar-refractivity contribution in [3.05, 3.63) is 23.9 Å².